The van der Waals surface area contributed by atoms with Crippen molar-refractivity contribution in [2.45, 2.75) is 25.7 Å². The van der Waals surface area contributed by atoms with Crippen LogP contribution in [0.3, 0.4) is 0 Å². The van der Waals surface area contributed by atoms with Crippen molar-refractivity contribution in [3.8, 4) is 0 Å². The van der Waals surface area contributed by atoms with Crippen LogP contribution in [0.1, 0.15) is 41.6 Å². The molecule has 88 valence electrons. The van der Waals surface area contributed by atoms with E-state index >= 15 is 0 Å². The van der Waals surface area contributed by atoms with Crippen LogP contribution in [0, 0.1) is 0 Å². The van der Waals surface area contributed by atoms with Gasteiger partial charge in [-0.05, 0) is 37.5 Å². The number of hydrogen-bond donors (Lipinski definition) is 1. The molecule has 1 aromatic rings. The van der Waals surface area contributed by atoms with E-state index in [1.54, 1.807) is 12.1 Å². The first kappa shape index (κ1) is 11.6. The number of carboxylic acid groups (broad SMARTS) is 1. The Morgan fingerprint density at radius 1 is 1.29 bits per heavy atom. The number of aromatic carboxylic acids is 1. The van der Waals surface area contributed by atoms with Crippen molar-refractivity contribution in [3.05, 3.63) is 59.2 Å². The number of hydrogen-bond acceptors (Lipinski definition) is 1. The van der Waals surface area contributed by atoms with Crippen LogP contribution in [0.2, 0.25) is 0 Å². The van der Waals surface area contributed by atoms with E-state index < -0.39 is 5.97 Å². The van der Waals surface area contributed by atoms with Gasteiger partial charge in [0.25, 0.3) is 0 Å². The maximum absolute atomic E-state index is 10.8. The monoisotopic (exact) mass is 228 g/mol. The standard InChI is InChI=1S/C15H16O2/c1-11-5-3-2-4-6-14(11)12-7-9-13(10-8-12)15(16)17/h2-3,5,7-10,14H,4,6H2,1H3,(H,16,17). The van der Waals surface area contributed by atoms with Crippen LogP contribution >= 0.6 is 0 Å². The predicted octanol–water partition coefficient (Wildman–Crippen LogP) is 3.76. The van der Waals surface area contributed by atoms with Crippen LogP contribution in [-0.4, -0.2) is 11.1 Å². The van der Waals surface area contributed by atoms with Crippen molar-refractivity contribution >= 4 is 5.97 Å². The van der Waals surface area contributed by atoms with E-state index in [9.17, 15) is 4.79 Å². The molecule has 2 heteroatoms. The van der Waals surface area contributed by atoms with Crippen LogP contribution in [0.25, 0.3) is 0 Å². The second-order valence-corrected chi connectivity index (χ2v) is 4.40. The third-order valence-corrected chi connectivity index (χ3v) is 3.23. The molecule has 0 saturated carbocycles. The summed E-state index contributed by atoms with van der Waals surface area (Å²) in [6.45, 7) is 2.13. The minimum absolute atomic E-state index is 0.349. The molecule has 0 heterocycles. The summed E-state index contributed by atoms with van der Waals surface area (Å²) in [6.07, 6.45) is 8.57. The van der Waals surface area contributed by atoms with Gasteiger partial charge in [-0.15, -0.1) is 0 Å². The van der Waals surface area contributed by atoms with Crippen molar-refractivity contribution in [3.63, 3.8) is 0 Å². The summed E-state index contributed by atoms with van der Waals surface area (Å²) in [6, 6.07) is 7.22. The molecule has 1 aliphatic rings. The highest BCUT2D eigenvalue weighted by molar-refractivity contribution is 5.87. The zero-order valence-electron chi connectivity index (χ0n) is 9.89. The van der Waals surface area contributed by atoms with Gasteiger partial charge in [0.2, 0.25) is 0 Å². The van der Waals surface area contributed by atoms with Crippen molar-refractivity contribution in [1.29, 1.82) is 0 Å². The average molecular weight is 228 g/mol. The second kappa shape index (κ2) is 5.00. The lowest BCUT2D eigenvalue weighted by atomic mass is 9.88. The Kier molecular flexibility index (Phi) is 3.43. The van der Waals surface area contributed by atoms with Crippen LogP contribution in [0.15, 0.2) is 48.1 Å². The van der Waals surface area contributed by atoms with Crippen LogP contribution < -0.4 is 0 Å². The third-order valence-electron chi connectivity index (χ3n) is 3.23. The number of rotatable bonds is 2. The quantitative estimate of drug-likeness (QED) is 0.836. The molecule has 0 fully saturated rings. The summed E-state index contributed by atoms with van der Waals surface area (Å²) < 4.78 is 0. The van der Waals surface area contributed by atoms with Gasteiger partial charge in [0, 0.05) is 5.92 Å². The Bertz CT molecular complexity index is 466. The average Bonchev–Trinajstić information content (AvgIpc) is 2.54. The lowest BCUT2D eigenvalue weighted by Gasteiger charge is -2.16. The maximum atomic E-state index is 10.8. The Balaban J connectivity index is 2.25. The first-order chi connectivity index (χ1) is 8.18. The van der Waals surface area contributed by atoms with Crippen molar-refractivity contribution in [1.82, 2.24) is 0 Å². The molecule has 0 aromatic heterocycles. The summed E-state index contributed by atoms with van der Waals surface area (Å²) >= 11 is 0. The molecule has 0 radical (unpaired) electrons. The van der Waals surface area contributed by atoms with Gasteiger partial charge in [0.05, 0.1) is 5.56 Å². The lowest BCUT2D eigenvalue weighted by Crippen LogP contribution is -2.01. The number of benzene rings is 1. The van der Waals surface area contributed by atoms with Crippen molar-refractivity contribution < 1.29 is 9.90 Å². The molecule has 0 aliphatic heterocycles. The molecule has 1 N–H and O–H groups in total. The Morgan fingerprint density at radius 2 is 2.00 bits per heavy atom. The number of carboxylic acids is 1. The minimum Gasteiger partial charge on any atom is -0.478 e. The minimum atomic E-state index is -0.869. The number of carbonyl (C=O) groups is 1. The topological polar surface area (TPSA) is 37.3 Å². The maximum Gasteiger partial charge on any atom is 0.335 e. The summed E-state index contributed by atoms with van der Waals surface area (Å²) in [7, 11) is 0. The molecule has 0 bridgehead atoms. The summed E-state index contributed by atoms with van der Waals surface area (Å²) in [5.74, 6) is -0.459. The van der Waals surface area contributed by atoms with Crippen molar-refractivity contribution in [2.24, 2.45) is 0 Å². The normalized spacial score (nSPS) is 19.6. The van der Waals surface area contributed by atoms with Gasteiger partial charge in [-0.1, -0.05) is 35.9 Å². The fourth-order valence-electron chi connectivity index (χ4n) is 2.21. The molecule has 17 heavy (non-hydrogen) atoms. The predicted molar refractivity (Wildman–Crippen MR) is 68.3 cm³/mol. The zero-order chi connectivity index (χ0) is 12.3. The summed E-state index contributed by atoms with van der Waals surface area (Å²) in [4.78, 5) is 10.8. The molecule has 0 amide bonds. The second-order valence-electron chi connectivity index (χ2n) is 4.40. The highest BCUT2D eigenvalue weighted by atomic mass is 16.4. The highest BCUT2D eigenvalue weighted by Gasteiger charge is 2.14. The Morgan fingerprint density at radius 3 is 2.65 bits per heavy atom. The van der Waals surface area contributed by atoms with Gasteiger partial charge >= 0.3 is 5.97 Å². The zero-order valence-corrected chi connectivity index (χ0v) is 9.89. The molecule has 1 aliphatic carbocycles. The van der Waals surface area contributed by atoms with Gasteiger partial charge in [-0.25, -0.2) is 4.79 Å². The van der Waals surface area contributed by atoms with E-state index in [1.807, 2.05) is 12.1 Å². The van der Waals surface area contributed by atoms with E-state index in [1.165, 1.54) is 11.1 Å². The van der Waals surface area contributed by atoms with Crippen LogP contribution in [-0.2, 0) is 0 Å². The first-order valence-electron chi connectivity index (χ1n) is 5.85. The smallest absolute Gasteiger partial charge is 0.335 e. The Hall–Kier alpha value is -1.83. The first-order valence-corrected chi connectivity index (χ1v) is 5.85. The van der Waals surface area contributed by atoms with E-state index in [4.69, 9.17) is 5.11 Å². The lowest BCUT2D eigenvalue weighted by molar-refractivity contribution is 0.0697. The van der Waals surface area contributed by atoms with Gasteiger partial charge in [0.15, 0.2) is 0 Å². The van der Waals surface area contributed by atoms with E-state index in [0.29, 0.717) is 11.5 Å². The third kappa shape index (κ3) is 2.64. The van der Waals surface area contributed by atoms with Gasteiger partial charge < -0.3 is 5.11 Å². The number of allylic oxidation sites excluding steroid dienone is 4. The van der Waals surface area contributed by atoms with E-state index in [0.717, 1.165) is 12.8 Å². The van der Waals surface area contributed by atoms with Crippen LogP contribution in [0.5, 0.6) is 0 Å². The molecule has 1 unspecified atom stereocenters. The molecule has 2 nitrogen and oxygen atoms in total. The SMILES string of the molecule is CC1=CC=CCCC1c1ccc(C(=O)O)cc1. The molecule has 1 atom stereocenters. The summed E-state index contributed by atoms with van der Waals surface area (Å²) in [5, 5.41) is 8.86. The molecule has 2 rings (SSSR count). The fraction of sp³-hybridized carbons (Fsp3) is 0.267. The van der Waals surface area contributed by atoms with Gasteiger partial charge in [-0.2, -0.15) is 0 Å². The van der Waals surface area contributed by atoms with Crippen LogP contribution in [0.4, 0.5) is 0 Å². The molecule has 0 spiro atoms. The van der Waals surface area contributed by atoms with E-state index in [2.05, 4.69) is 25.2 Å². The highest BCUT2D eigenvalue weighted by Crippen LogP contribution is 2.30. The van der Waals surface area contributed by atoms with Gasteiger partial charge in [-0.3, -0.25) is 0 Å². The van der Waals surface area contributed by atoms with Crippen molar-refractivity contribution in [2.75, 3.05) is 0 Å². The van der Waals surface area contributed by atoms with E-state index in [-0.39, 0.29) is 0 Å². The fourth-order valence-corrected chi connectivity index (χ4v) is 2.21. The van der Waals surface area contributed by atoms with Gasteiger partial charge in [0.1, 0.15) is 0 Å². The molecule has 1 aromatic carbocycles. The molecule has 0 saturated heterocycles. The summed E-state index contributed by atoms with van der Waals surface area (Å²) in [5.41, 5.74) is 2.89. The largest absolute Gasteiger partial charge is 0.478 e. The Labute approximate surface area is 101 Å². The molecular formula is C15H16O2. The molecular weight excluding hydrogens is 212 g/mol.